The molecule has 0 aliphatic heterocycles. The zero-order chi connectivity index (χ0) is 20.5. The summed E-state index contributed by atoms with van der Waals surface area (Å²) < 4.78 is 5.54. The molecule has 0 fully saturated rings. The SMILES string of the molecule is CCCCCCc1ccc(C(=O)Oc2ccc(-c3ccc(CC)cc3)cc2)cc1. The van der Waals surface area contributed by atoms with Crippen LogP contribution in [0.4, 0.5) is 0 Å². The van der Waals surface area contributed by atoms with Crippen molar-refractivity contribution in [3.8, 4) is 16.9 Å². The summed E-state index contributed by atoms with van der Waals surface area (Å²) in [6.45, 7) is 4.37. The number of unbranched alkanes of at least 4 members (excludes halogenated alkanes) is 3. The molecule has 0 saturated carbocycles. The molecule has 150 valence electrons. The van der Waals surface area contributed by atoms with E-state index in [9.17, 15) is 4.79 Å². The van der Waals surface area contributed by atoms with Crippen molar-refractivity contribution in [1.29, 1.82) is 0 Å². The Kier molecular flexibility index (Phi) is 7.63. The van der Waals surface area contributed by atoms with Gasteiger partial charge in [0.25, 0.3) is 0 Å². The molecule has 0 amide bonds. The van der Waals surface area contributed by atoms with E-state index in [2.05, 4.69) is 38.1 Å². The fraction of sp³-hybridized carbons (Fsp3) is 0.296. The largest absolute Gasteiger partial charge is 0.423 e. The molecule has 0 saturated heterocycles. The van der Waals surface area contributed by atoms with E-state index in [1.165, 1.54) is 36.8 Å². The molecule has 0 aliphatic carbocycles. The Bertz CT molecular complexity index is 891. The number of ether oxygens (including phenoxy) is 1. The normalized spacial score (nSPS) is 10.7. The van der Waals surface area contributed by atoms with Crippen LogP contribution in [0.3, 0.4) is 0 Å². The van der Waals surface area contributed by atoms with Crippen molar-refractivity contribution in [2.45, 2.75) is 52.4 Å². The third kappa shape index (κ3) is 6.05. The van der Waals surface area contributed by atoms with Crippen LogP contribution in [0.1, 0.15) is 61.0 Å². The molecule has 0 aromatic heterocycles. The number of rotatable bonds is 9. The van der Waals surface area contributed by atoms with Gasteiger partial charge < -0.3 is 4.74 Å². The molecule has 29 heavy (non-hydrogen) atoms. The second-order valence-electron chi connectivity index (χ2n) is 7.47. The van der Waals surface area contributed by atoms with Gasteiger partial charge in [-0.3, -0.25) is 0 Å². The first-order valence-electron chi connectivity index (χ1n) is 10.7. The third-order valence-electron chi connectivity index (χ3n) is 5.27. The van der Waals surface area contributed by atoms with E-state index in [-0.39, 0.29) is 5.97 Å². The lowest BCUT2D eigenvalue weighted by Gasteiger charge is -2.07. The molecule has 2 nitrogen and oxygen atoms in total. The Hall–Kier alpha value is -2.87. The van der Waals surface area contributed by atoms with Crippen molar-refractivity contribution in [3.63, 3.8) is 0 Å². The number of carbonyl (C=O) groups is 1. The summed E-state index contributed by atoms with van der Waals surface area (Å²) in [5, 5.41) is 0. The average molecular weight is 387 g/mol. The zero-order valence-corrected chi connectivity index (χ0v) is 17.5. The van der Waals surface area contributed by atoms with E-state index >= 15 is 0 Å². The minimum absolute atomic E-state index is 0.317. The molecule has 0 bridgehead atoms. The molecule has 0 atom stereocenters. The highest BCUT2D eigenvalue weighted by molar-refractivity contribution is 5.91. The number of carbonyl (C=O) groups excluding carboxylic acids is 1. The molecular weight excluding hydrogens is 356 g/mol. The molecule has 0 unspecified atom stereocenters. The van der Waals surface area contributed by atoms with E-state index in [0.29, 0.717) is 11.3 Å². The molecule has 0 spiro atoms. The highest BCUT2D eigenvalue weighted by Crippen LogP contribution is 2.23. The highest BCUT2D eigenvalue weighted by Gasteiger charge is 2.09. The van der Waals surface area contributed by atoms with E-state index in [1.807, 2.05) is 48.5 Å². The summed E-state index contributed by atoms with van der Waals surface area (Å²) in [5.74, 6) is 0.246. The number of benzene rings is 3. The van der Waals surface area contributed by atoms with Crippen LogP contribution in [0.5, 0.6) is 5.75 Å². The Morgan fingerprint density at radius 1 is 0.690 bits per heavy atom. The lowest BCUT2D eigenvalue weighted by atomic mass is 10.0. The van der Waals surface area contributed by atoms with Gasteiger partial charge in [0.15, 0.2) is 0 Å². The van der Waals surface area contributed by atoms with Gasteiger partial charge in [0.2, 0.25) is 0 Å². The maximum Gasteiger partial charge on any atom is 0.343 e. The van der Waals surface area contributed by atoms with Crippen molar-refractivity contribution in [1.82, 2.24) is 0 Å². The van der Waals surface area contributed by atoms with Crippen molar-refractivity contribution in [2.75, 3.05) is 0 Å². The number of hydrogen-bond donors (Lipinski definition) is 0. The maximum atomic E-state index is 12.4. The van der Waals surface area contributed by atoms with E-state index in [1.54, 1.807) is 0 Å². The van der Waals surface area contributed by atoms with Crippen LogP contribution >= 0.6 is 0 Å². The van der Waals surface area contributed by atoms with Crippen molar-refractivity contribution in [3.05, 3.63) is 89.5 Å². The van der Waals surface area contributed by atoms with Crippen molar-refractivity contribution >= 4 is 5.97 Å². The topological polar surface area (TPSA) is 26.3 Å². The maximum absolute atomic E-state index is 12.4. The van der Waals surface area contributed by atoms with E-state index in [0.717, 1.165) is 24.0 Å². The molecule has 0 N–H and O–H groups in total. The monoisotopic (exact) mass is 386 g/mol. The van der Waals surface area contributed by atoms with Crippen LogP contribution in [0.2, 0.25) is 0 Å². The van der Waals surface area contributed by atoms with Crippen LogP contribution < -0.4 is 4.74 Å². The van der Waals surface area contributed by atoms with Gasteiger partial charge in [-0.25, -0.2) is 4.79 Å². The van der Waals surface area contributed by atoms with Gasteiger partial charge in [-0.05, 0) is 65.8 Å². The second-order valence-corrected chi connectivity index (χ2v) is 7.47. The fourth-order valence-electron chi connectivity index (χ4n) is 3.38. The highest BCUT2D eigenvalue weighted by atomic mass is 16.5. The Balaban J connectivity index is 1.57. The third-order valence-corrected chi connectivity index (χ3v) is 5.27. The van der Waals surface area contributed by atoms with E-state index < -0.39 is 0 Å². The minimum Gasteiger partial charge on any atom is -0.423 e. The quantitative estimate of drug-likeness (QED) is 0.220. The molecular formula is C27H30O2. The molecule has 3 aromatic rings. The summed E-state index contributed by atoms with van der Waals surface area (Å²) in [6.07, 6.45) is 7.10. The van der Waals surface area contributed by atoms with E-state index in [4.69, 9.17) is 4.74 Å². The van der Waals surface area contributed by atoms with Gasteiger partial charge in [-0.15, -0.1) is 0 Å². The summed E-state index contributed by atoms with van der Waals surface area (Å²) in [4.78, 5) is 12.4. The van der Waals surface area contributed by atoms with Crippen LogP contribution in [0.15, 0.2) is 72.8 Å². The number of hydrogen-bond acceptors (Lipinski definition) is 2. The molecule has 0 heterocycles. The summed E-state index contributed by atoms with van der Waals surface area (Å²) in [7, 11) is 0. The van der Waals surface area contributed by atoms with Crippen LogP contribution in [-0.4, -0.2) is 5.97 Å². The summed E-state index contributed by atoms with van der Waals surface area (Å²) in [5.41, 5.74) is 5.46. The van der Waals surface area contributed by atoms with Gasteiger partial charge in [0.1, 0.15) is 5.75 Å². The van der Waals surface area contributed by atoms with Gasteiger partial charge >= 0.3 is 5.97 Å². The summed E-state index contributed by atoms with van der Waals surface area (Å²) in [6, 6.07) is 24.0. The first-order chi connectivity index (χ1) is 14.2. The number of esters is 1. The van der Waals surface area contributed by atoms with Crippen molar-refractivity contribution in [2.24, 2.45) is 0 Å². The summed E-state index contributed by atoms with van der Waals surface area (Å²) >= 11 is 0. The van der Waals surface area contributed by atoms with Gasteiger partial charge in [-0.1, -0.05) is 81.6 Å². The first kappa shape index (κ1) is 20.9. The zero-order valence-electron chi connectivity index (χ0n) is 17.5. The second kappa shape index (κ2) is 10.6. The Morgan fingerprint density at radius 2 is 1.28 bits per heavy atom. The van der Waals surface area contributed by atoms with Gasteiger partial charge in [0, 0.05) is 0 Å². The molecule has 2 heteroatoms. The predicted molar refractivity (Wildman–Crippen MR) is 121 cm³/mol. The molecule has 0 radical (unpaired) electrons. The standard InChI is InChI=1S/C27H30O2/c1-3-5-6-7-8-22-11-15-25(16-12-22)27(28)29-26-19-17-24(18-20-26)23-13-9-21(4-2)10-14-23/h9-20H,3-8H2,1-2H3. The molecule has 0 aliphatic rings. The minimum atomic E-state index is -0.317. The van der Waals surface area contributed by atoms with Crippen LogP contribution in [-0.2, 0) is 12.8 Å². The fourth-order valence-corrected chi connectivity index (χ4v) is 3.38. The number of aryl methyl sites for hydroxylation is 2. The molecule has 3 rings (SSSR count). The van der Waals surface area contributed by atoms with Gasteiger partial charge in [0.05, 0.1) is 5.56 Å². The lowest BCUT2D eigenvalue weighted by molar-refractivity contribution is 0.0735. The Morgan fingerprint density at radius 3 is 1.86 bits per heavy atom. The first-order valence-corrected chi connectivity index (χ1v) is 10.7. The van der Waals surface area contributed by atoms with Crippen molar-refractivity contribution < 1.29 is 9.53 Å². The smallest absolute Gasteiger partial charge is 0.343 e. The lowest BCUT2D eigenvalue weighted by Crippen LogP contribution is -2.08. The average Bonchev–Trinajstić information content (AvgIpc) is 2.78. The Labute approximate surface area is 174 Å². The molecule has 3 aromatic carbocycles. The van der Waals surface area contributed by atoms with Crippen LogP contribution in [0.25, 0.3) is 11.1 Å². The predicted octanol–water partition coefficient (Wildman–Crippen LogP) is 7.26. The van der Waals surface area contributed by atoms with Crippen LogP contribution in [0, 0.1) is 0 Å². The van der Waals surface area contributed by atoms with Gasteiger partial charge in [-0.2, -0.15) is 0 Å².